The van der Waals surface area contributed by atoms with Crippen molar-refractivity contribution in [1.82, 2.24) is 4.98 Å². The van der Waals surface area contributed by atoms with Gasteiger partial charge in [-0.2, -0.15) is 0 Å². The van der Waals surface area contributed by atoms with Gasteiger partial charge in [0, 0.05) is 29.6 Å². The number of benzene rings is 2. The van der Waals surface area contributed by atoms with Gasteiger partial charge in [0.15, 0.2) is 5.75 Å². The largest absolute Gasteiger partial charge is 0.455 e. The fraction of sp³-hybridized carbons (Fsp3) is 0.174. The maximum Gasteiger partial charge on any atom is 0.151 e. The average molecular weight is 403 g/mol. The molecule has 7 nitrogen and oxygen atoms in total. The first-order chi connectivity index (χ1) is 14.3. The molecule has 30 heavy (non-hydrogen) atoms. The van der Waals surface area contributed by atoms with Crippen molar-refractivity contribution in [2.75, 3.05) is 11.9 Å². The highest BCUT2D eigenvalue weighted by Gasteiger charge is 2.12. The molecule has 0 unspecified atom stereocenters. The van der Waals surface area contributed by atoms with Gasteiger partial charge in [-0.1, -0.05) is 0 Å². The van der Waals surface area contributed by atoms with Crippen LogP contribution < -0.4 is 21.5 Å². The number of hydrogen-bond acceptors (Lipinski definition) is 5. The number of pyridine rings is 1. The number of aromatic nitrogens is 1. The van der Waals surface area contributed by atoms with Crippen LogP contribution in [0.1, 0.15) is 27.9 Å². The molecule has 0 amide bonds. The number of nitrogens with two attached hydrogens (primary N) is 2. The molecule has 0 saturated carbocycles. The van der Waals surface area contributed by atoms with Crippen LogP contribution in [0.15, 0.2) is 54.7 Å². The monoisotopic (exact) mass is 402 g/mol. The third-order valence-electron chi connectivity index (χ3n) is 4.87. The number of rotatable bonds is 8. The van der Waals surface area contributed by atoms with E-state index in [0.29, 0.717) is 16.9 Å². The number of ether oxygens (including phenoxy) is 1. The molecule has 0 aliphatic rings. The normalized spacial score (nSPS) is 10.5. The van der Waals surface area contributed by atoms with Crippen molar-refractivity contribution in [3.8, 4) is 11.5 Å². The molecular formula is C23H26N6O. The van der Waals surface area contributed by atoms with Crippen LogP contribution in [-0.4, -0.2) is 23.2 Å². The van der Waals surface area contributed by atoms with Gasteiger partial charge in [0.05, 0.1) is 5.69 Å². The van der Waals surface area contributed by atoms with Crippen molar-refractivity contribution in [1.29, 1.82) is 10.8 Å². The number of nitrogens with zero attached hydrogens (tertiary/aromatic N) is 1. The maximum atomic E-state index is 7.49. The lowest BCUT2D eigenvalue weighted by molar-refractivity contribution is 0.470. The van der Waals surface area contributed by atoms with Crippen molar-refractivity contribution in [2.45, 2.75) is 20.3 Å². The Balaban J connectivity index is 1.67. The summed E-state index contributed by atoms with van der Waals surface area (Å²) in [4.78, 5) is 4.49. The molecule has 0 saturated heterocycles. The number of hydrogen-bond donors (Lipinski definition) is 5. The third kappa shape index (κ3) is 4.94. The Morgan fingerprint density at radius 3 is 2.07 bits per heavy atom. The van der Waals surface area contributed by atoms with Gasteiger partial charge >= 0.3 is 0 Å². The van der Waals surface area contributed by atoms with Crippen LogP contribution in [0.4, 0.5) is 5.69 Å². The first-order valence-corrected chi connectivity index (χ1v) is 9.61. The smallest absolute Gasteiger partial charge is 0.151 e. The number of aryl methyl sites for hydroxylation is 1. The summed E-state index contributed by atoms with van der Waals surface area (Å²) in [5, 5.41) is 18.3. The van der Waals surface area contributed by atoms with Crippen LogP contribution in [0.25, 0.3) is 0 Å². The Kier molecular flexibility index (Phi) is 6.32. The van der Waals surface area contributed by atoms with E-state index < -0.39 is 0 Å². The highest BCUT2D eigenvalue weighted by molar-refractivity contribution is 5.95. The molecule has 0 atom stereocenters. The van der Waals surface area contributed by atoms with E-state index in [4.69, 9.17) is 27.0 Å². The Morgan fingerprint density at radius 1 is 0.933 bits per heavy atom. The van der Waals surface area contributed by atoms with Crippen molar-refractivity contribution in [2.24, 2.45) is 11.5 Å². The topological polar surface area (TPSA) is 134 Å². The van der Waals surface area contributed by atoms with Gasteiger partial charge in [-0.05, 0) is 79.9 Å². The highest BCUT2D eigenvalue weighted by Crippen LogP contribution is 2.30. The SMILES string of the molecule is Cc1ncc(CCNc2ccc(C(=N)N)cc2)c(C)c1Oc1ccc(C(=N)N)cc1. The van der Waals surface area contributed by atoms with E-state index in [1.165, 1.54) is 0 Å². The standard InChI is InChI=1S/C23H26N6O/c1-14-18(11-12-28-19-7-3-16(4-8-19)22(24)25)13-29-15(2)21(14)30-20-9-5-17(6-10-20)23(26)27/h3-10,13,28H,11-12H2,1-2H3,(H3,24,25)(H3,26,27). The van der Waals surface area contributed by atoms with E-state index in [0.717, 1.165) is 41.2 Å². The minimum Gasteiger partial charge on any atom is -0.455 e. The molecular weight excluding hydrogens is 376 g/mol. The van der Waals surface area contributed by atoms with E-state index in [9.17, 15) is 0 Å². The van der Waals surface area contributed by atoms with E-state index in [1.54, 1.807) is 24.3 Å². The summed E-state index contributed by atoms with van der Waals surface area (Å²) in [7, 11) is 0. The molecule has 3 aromatic rings. The summed E-state index contributed by atoms with van der Waals surface area (Å²) in [6, 6.07) is 14.6. The molecule has 7 N–H and O–H groups in total. The first-order valence-electron chi connectivity index (χ1n) is 9.61. The van der Waals surface area contributed by atoms with Crippen LogP contribution >= 0.6 is 0 Å². The summed E-state index contributed by atoms with van der Waals surface area (Å²) in [6.45, 7) is 4.69. The molecule has 0 radical (unpaired) electrons. The summed E-state index contributed by atoms with van der Waals surface area (Å²) < 4.78 is 6.09. The van der Waals surface area contributed by atoms with Gasteiger partial charge in [0.2, 0.25) is 0 Å². The summed E-state index contributed by atoms with van der Waals surface area (Å²) in [5.41, 5.74) is 16.3. The lowest BCUT2D eigenvalue weighted by atomic mass is 10.1. The minimum atomic E-state index is 0.0287. The van der Waals surface area contributed by atoms with E-state index in [-0.39, 0.29) is 11.7 Å². The summed E-state index contributed by atoms with van der Waals surface area (Å²) >= 11 is 0. The zero-order valence-electron chi connectivity index (χ0n) is 17.1. The van der Waals surface area contributed by atoms with Crippen molar-refractivity contribution < 1.29 is 4.74 Å². The Hall–Kier alpha value is -3.87. The molecule has 1 aromatic heterocycles. The molecule has 0 fully saturated rings. The Bertz CT molecular complexity index is 1060. The van der Waals surface area contributed by atoms with Crippen molar-refractivity contribution >= 4 is 17.4 Å². The predicted octanol–water partition coefficient (Wildman–Crippen LogP) is 3.71. The summed E-state index contributed by atoms with van der Waals surface area (Å²) in [6.07, 6.45) is 2.67. The molecule has 0 aliphatic carbocycles. The van der Waals surface area contributed by atoms with Crippen molar-refractivity contribution in [3.05, 3.63) is 82.7 Å². The van der Waals surface area contributed by atoms with Crippen LogP contribution in [0.2, 0.25) is 0 Å². The van der Waals surface area contributed by atoms with Crippen LogP contribution in [0.3, 0.4) is 0 Å². The fourth-order valence-corrected chi connectivity index (χ4v) is 3.08. The van der Waals surface area contributed by atoms with E-state index in [1.807, 2.05) is 44.3 Å². The van der Waals surface area contributed by atoms with Gasteiger partial charge in [-0.15, -0.1) is 0 Å². The molecule has 154 valence electrons. The summed E-state index contributed by atoms with van der Waals surface area (Å²) in [5.74, 6) is 1.51. The number of nitrogen functional groups attached to an aromatic ring is 2. The zero-order valence-corrected chi connectivity index (χ0v) is 17.1. The van der Waals surface area contributed by atoms with Gasteiger partial charge in [-0.3, -0.25) is 15.8 Å². The fourth-order valence-electron chi connectivity index (χ4n) is 3.08. The zero-order chi connectivity index (χ0) is 21.7. The van der Waals surface area contributed by atoms with Crippen LogP contribution in [-0.2, 0) is 6.42 Å². The Morgan fingerprint density at radius 2 is 1.50 bits per heavy atom. The van der Waals surface area contributed by atoms with Gasteiger partial charge in [-0.25, -0.2) is 0 Å². The van der Waals surface area contributed by atoms with E-state index in [2.05, 4.69) is 10.3 Å². The van der Waals surface area contributed by atoms with Gasteiger partial charge in [0.25, 0.3) is 0 Å². The molecule has 2 aromatic carbocycles. The molecule has 0 bridgehead atoms. The lowest BCUT2D eigenvalue weighted by Gasteiger charge is -2.15. The second-order valence-electron chi connectivity index (χ2n) is 7.03. The van der Waals surface area contributed by atoms with Crippen LogP contribution in [0, 0.1) is 24.7 Å². The molecule has 3 rings (SSSR count). The van der Waals surface area contributed by atoms with E-state index >= 15 is 0 Å². The average Bonchev–Trinajstić information content (AvgIpc) is 2.73. The highest BCUT2D eigenvalue weighted by atomic mass is 16.5. The second-order valence-corrected chi connectivity index (χ2v) is 7.03. The number of anilines is 1. The third-order valence-corrected chi connectivity index (χ3v) is 4.87. The number of amidine groups is 2. The predicted molar refractivity (Wildman–Crippen MR) is 121 cm³/mol. The Labute approximate surface area is 176 Å². The van der Waals surface area contributed by atoms with Gasteiger partial charge < -0.3 is 21.5 Å². The van der Waals surface area contributed by atoms with Gasteiger partial charge in [0.1, 0.15) is 17.4 Å². The molecule has 0 spiro atoms. The van der Waals surface area contributed by atoms with Crippen molar-refractivity contribution in [3.63, 3.8) is 0 Å². The second kappa shape index (κ2) is 9.09. The van der Waals surface area contributed by atoms with Crippen LogP contribution in [0.5, 0.6) is 11.5 Å². The molecule has 7 heteroatoms. The quantitative estimate of drug-likeness (QED) is 0.289. The lowest BCUT2D eigenvalue weighted by Crippen LogP contribution is -2.11. The molecule has 1 heterocycles. The number of nitrogens with one attached hydrogen (secondary N) is 3. The molecule has 0 aliphatic heterocycles. The minimum absolute atomic E-state index is 0.0287. The first kappa shape index (κ1) is 20.9. The maximum absolute atomic E-state index is 7.49.